The van der Waals surface area contributed by atoms with Crippen LogP contribution in [0.15, 0.2) is 12.1 Å². The molecule has 0 aromatic heterocycles. The van der Waals surface area contributed by atoms with Crippen molar-refractivity contribution < 1.29 is 4.92 Å². The smallest absolute Gasteiger partial charge is 0.274 e. The van der Waals surface area contributed by atoms with Crippen molar-refractivity contribution >= 4 is 23.0 Å². The highest BCUT2D eigenvalue weighted by Crippen LogP contribution is 2.33. The summed E-state index contributed by atoms with van der Waals surface area (Å²) in [7, 11) is 3.61. The van der Waals surface area contributed by atoms with E-state index in [2.05, 4.69) is 0 Å². The lowest BCUT2D eigenvalue weighted by Crippen LogP contribution is -2.11. The molecule has 0 spiro atoms. The molecule has 0 atom stereocenters. The molecule has 0 N–H and O–H groups in total. The number of nitro groups is 1. The van der Waals surface area contributed by atoms with Crippen molar-refractivity contribution in [1.82, 2.24) is 0 Å². The van der Waals surface area contributed by atoms with Crippen molar-refractivity contribution in [3.63, 3.8) is 0 Å². The van der Waals surface area contributed by atoms with E-state index in [-0.39, 0.29) is 5.69 Å². The number of nitro benzene ring substituents is 1. The fraction of sp³-hybridized carbons (Fsp3) is 0.333. The molecule has 76 valence electrons. The maximum atomic E-state index is 10.7. The topological polar surface area (TPSA) is 46.4 Å². The zero-order chi connectivity index (χ0) is 10.9. The first-order valence-electron chi connectivity index (χ1n) is 4.06. The number of hydrogen-bond donors (Lipinski definition) is 0. The second kappa shape index (κ2) is 3.84. The van der Waals surface area contributed by atoms with Crippen LogP contribution in [0, 0.1) is 17.0 Å². The Morgan fingerprint density at radius 1 is 1.43 bits per heavy atom. The summed E-state index contributed by atoms with van der Waals surface area (Å²) < 4.78 is 0. The van der Waals surface area contributed by atoms with Crippen LogP contribution in [0.2, 0.25) is 5.02 Å². The number of rotatable bonds is 2. The Morgan fingerprint density at radius 2 is 2.00 bits per heavy atom. The van der Waals surface area contributed by atoms with Crippen LogP contribution in [-0.2, 0) is 0 Å². The van der Waals surface area contributed by atoms with E-state index in [0.29, 0.717) is 16.3 Å². The summed E-state index contributed by atoms with van der Waals surface area (Å²) >= 11 is 5.94. The van der Waals surface area contributed by atoms with Crippen molar-refractivity contribution in [3.05, 3.63) is 32.8 Å². The second-order valence-electron chi connectivity index (χ2n) is 3.19. The highest BCUT2D eigenvalue weighted by Gasteiger charge is 2.17. The lowest BCUT2D eigenvalue weighted by atomic mass is 10.1. The van der Waals surface area contributed by atoms with Gasteiger partial charge in [0.2, 0.25) is 0 Å². The zero-order valence-electron chi connectivity index (χ0n) is 8.24. The third-order valence-corrected chi connectivity index (χ3v) is 2.30. The van der Waals surface area contributed by atoms with E-state index in [4.69, 9.17) is 11.6 Å². The molecule has 0 aliphatic heterocycles. The Labute approximate surface area is 87.2 Å². The molecule has 0 saturated heterocycles. The Bertz CT molecular complexity index is 377. The lowest BCUT2D eigenvalue weighted by Gasteiger charge is -2.16. The molecule has 0 aliphatic rings. The van der Waals surface area contributed by atoms with Crippen LogP contribution in [0.4, 0.5) is 11.4 Å². The summed E-state index contributed by atoms with van der Waals surface area (Å²) in [6.45, 7) is 1.69. The standard InChI is InChI=1S/C9H11ClN2O2/c1-6-8(12(13)14)5-4-7(10)9(6)11(2)3/h4-5H,1-3H3. The summed E-state index contributed by atoms with van der Waals surface area (Å²) in [6, 6.07) is 2.96. The summed E-state index contributed by atoms with van der Waals surface area (Å²) in [5, 5.41) is 11.2. The van der Waals surface area contributed by atoms with Gasteiger partial charge >= 0.3 is 0 Å². The van der Waals surface area contributed by atoms with Crippen LogP contribution >= 0.6 is 11.6 Å². The molecular formula is C9H11ClN2O2. The fourth-order valence-corrected chi connectivity index (χ4v) is 1.78. The summed E-state index contributed by atoms with van der Waals surface area (Å²) in [5.74, 6) is 0. The van der Waals surface area contributed by atoms with E-state index < -0.39 is 4.92 Å². The Hall–Kier alpha value is -1.29. The highest BCUT2D eigenvalue weighted by atomic mass is 35.5. The monoisotopic (exact) mass is 214 g/mol. The normalized spacial score (nSPS) is 10.0. The van der Waals surface area contributed by atoms with Crippen LogP contribution < -0.4 is 4.90 Å². The quantitative estimate of drug-likeness (QED) is 0.562. The number of benzene rings is 1. The van der Waals surface area contributed by atoms with E-state index >= 15 is 0 Å². The molecule has 0 bridgehead atoms. The van der Waals surface area contributed by atoms with E-state index in [1.807, 2.05) is 0 Å². The van der Waals surface area contributed by atoms with Gasteiger partial charge in [0.15, 0.2) is 0 Å². The average molecular weight is 215 g/mol. The van der Waals surface area contributed by atoms with E-state index in [1.165, 1.54) is 6.07 Å². The van der Waals surface area contributed by atoms with E-state index in [9.17, 15) is 10.1 Å². The molecule has 0 amide bonds. The Morgan fingerprint density at radius 3 is 2.43 bits per heavy atom. The van der Waals surface area contributed by atoms with Crippen LogP contribution in [0.25, 0.3) is 0 Å². The van der Waals surface area contributed by atoms with E-state index in [0.717, 1.165) is 0 Å². The fourth-order valence-electron chi connectivity index (χ4n) is 1.40. The van der Waals surface area contributed by atoms with Gasteiger partial charge in [-0.15, -0.1) is 0 Å². The number of halogens is 1. The molecule has 1 aromatic carbocycles. The SMILES string of the molecule is Cc1c([N+](=O)[O-])ccc(Cl)c1N(C)C. The first-order chi connectivity index (χ1) is 6.45. The Kier molecular flexibility index (Phi) is 2.96. The number of hydrogen-bond acceptors (Lipinski definition) is 3. The van der Waals surface area contributed by atoms with Gasteiger partial charge in [-0.05, 0) is 13.0 Å². The van der Waals surface area contributed by atoms with Crippen LogP contribution in [0.1, 0.15) is 5.56 Å². The molecule has 0 aliphatic carbocycles. The van der Waals surface area contributed by atoms with E-state index in [1.54, 1.807) is 32.0 Å². The second-order valence-corrected chi connectivity index (χ2v) is 3.60. The summed E-state index contributed by atoms with van der Waals surface area (Å²) in [4.78, 5) is 12.0. The van der Waals surface area contributed by atoms with Crippen molar-refractivity contribution in [1.29, 1.82) is 0 Å². The molecule has 5 heteroatoms. The predicted molar refractivity (Wildman–Crippen MR) is 57.2 cm³/mol. The maximum Gasteiger partial charge on any atom is 0.274 e. The average Bonchev–Trinajstić information content (AvgIpc) is 2.02. The van der Waals surface area contributed by atoms with Gasteiger partial charge < -0.3 is 4.90 Å². The van der Waals surface area contributed by atoms with Gasteiger partial charge in [-0.2, -0.15) is 0 Å². The van der Waals surface area contributed by atoms with Gasteiger partial charge in [0.05, 0.1) is 21.2 Å². The van der Waals surface area contributed by atoms with Crippen molar-refractivity contribution in [2.75, 3.05) is 19.0 Å². The third-order valence-electron chi connectivity index (χ3n) is 2.00. The van der Waals surface area contributed by atoms with Crippen LogP contribution in [-0.4, -0.2) is 19.0 Å². The lowest BCUT2D eigenvalue weighted by molar-refractivity contribution is -0.385. The molecule has 4 nitrogen and oxygen atoms in total. The van der Waals surface area contributed by atoms with Crippen molar-refractivity contribution in [3.8, 4) is 0 Å². The number of nitrogens with zero attached hydrogens (tertiary/aromatic N) is 2. The molecule has 14 heavy (non-hydrogen) atoms. The molecule has 0 radical (unpaired) electrons. The largest absolute Gasteiger partial charge is 0.376 e. The molecule has 1 aromatic rings. The highest BCUT2D eigenvalue weighted by molar-refractivity contribution is 6.33. The number of anilines is 1. The van der Waals surface area contributed by atoms with Gasteiger partial charge in [0.25, 0.3) is 5.69 Å². The Balaban J connectivity index is 3.41. The zero-order valence-corrected chi connectivity index (χ0v) is 9.00. The van der Waals surface area contributed by atoms with Gasteiger partial charge in [0.1, 0.15) is 0 Å². The predicted octanol–water partition coefficient (Wildman–Crippen LogP) is 2.62. The minimum absolute atomic E-state index is 0.0955. The maximum absolute atomic E-state index is 10.7. The van der Waals surface area contributed by atoms with Gasteiger partial charge in [0, 0.05) is 20.2 Å². The van der Waals surface area contributed by atoms with Crippen LogP contribution in [0.5, 0.6) is 0 Å². The minimum Gasteiger partial charge on any atom is -0.376 e. The molecule has 0 unspecified atom stereocenters. The van der Waals surface area contributed by atoms with Crippen LogP contribution in [0.3, 0.4) is 0 Å². The first-order valence-corrected chi connectivity index (χ1v) is 4.43. The molecule has 0 heterocycles. The molecule has 0 fully saturated rings. The van der Waals surface area contributed by atoms with Gasteiger partial charge in [-0.3, -0.25) is 10.1 Å². The first kappa shape index (κ1) is 10.8. The van der Waals surface area contributed by atoms with Gasteiger partial charge in [-0.25, -0.2) is 0 Å². The van der Waals surface area contributed by atoms with Gasteiger partial charge in [-0.1, -0.05) is 11.6 Å². The molecule has 0 saturated carbocycles. The summed E-state index contributed by atoms with van der Waals surface area (Å²) in [5.41, 5.74) is 1.38. The van der Waals surface area contributed by atoms with Crippen molar-refractivity contribution in [2.45, 2.75) is 6.92 Å². The molecular weight excluding hydrogens is 204 g/mol. The third kappa shape index (κ3) is 1.80. The summed E-state index contributed by atoms with van der Waals surface area (Å²) in [6.07, 6.45) is 0. The minimum atomic E-state index is -0.404. The van der Waals surface area contributed by atoms with Crippen molar-refractivity contribution in [2.24, 2.45) is 0 Å². The molecule has 1 rings (SSSR count).